The molecule has 18 heavy (non-hydrogen) atoms. The molecule has 5 heteroatoms. The minimum atomic E-state index is -2.96. The zero-order valence-corrected chi connectivity index (χ0v) is 13.1. The van der Waals surface area contributed by atoms with Crippen molar-refractivity contribution in [2.45, 2.75) is 45.8 Å². The fourth-order valence-electron chi connectivity index (χ4n) is 1.43. The van der Waals surface area contributed by atoms with E-state index >= 15 is 0 Å². The van der Waals surface area contributed by atoms with E-state index in [-0.39, 0.29) is 16.9 Å². The molecule has 0 spiro atoms. The van der Waals surface area contributed by atoms with Crippen LogP contribution in [0.4, 0.5) is 0 Å². The lowest BCUT2D eigenvalue weighted by molar-refractivity contribution is 0.133. The molecule has 4 nitrogen and oxygen atoms in total. The first-order chi connectivity index (χ1) is 8.41. The Kier molecular flexibility index (Phi) is 9.68. The molecule has 1 atom stereocenters. The molecule has 0 heterocycles. The summed E-state index contributed by atoms with van der Waals surface area (Å²) in [5.74, 6) is 0.383. The van der Waals surface area contributed by atoms with Crippen molar-refractivity contribution in [3.05, 3.63) is 0 Å². The Bertz CT molecular complexity index is 289. The fraction of sp³-hybridized carbons (Fsp3) is 1.00. The number of unbranched alkanes of at least 4 members (excludes halogenated alkanes) is 1. The van der Waals surface area contributed by atoms with Gasteiger partial charge in [-0.15, -0.1) is 0 Å². The number of sulfone groups is 1. The highest BCUT2D eigenvalue weighted by Gasteiger charge is 2.22. The van der Waals surface area contributed by atoms with Crippen LogP contribution in [0, 0.1) is 5.92 Å². The van der Waals surface area contributed by atoms with E-state index in [0.29, 0.717) is 13.2 Å². The molecule has 1 N–H and O–H groups in total. The Hall–Kier alpha value is -0.130. The first-order valence-electron chi connectivity index (χ1n) is 6.91. The van der Waals surface area contributed by atoms with Gasteiger partial charge < -0.3 is 10.1 Å². The summed E-state index contributed by atoms with van der Waals surface area (Å²) in [6, 6.07) is 0. The first-order valence-corrected chi connectivity index (χ1v) is 8.63. The van der Waals surface area contributed by atoms with Gasteiger partial charge in [-0.3, -0.25) is 0 Å². The van der Waals surface area contributed by atoms with E-state index < -0.39 is 9.84 Å². The second kappa shape index (κ2) is 9.75. The summed E-state index contributed by atoms with van der Waals surface area (Å²) in [4.78, 5) is 0. The van der Waals surface area contributed by atoms with Crippen LogP contribution in [0.3, 0.4) is 0 Å². The van der Waals surface area contributed by atoms with Crippen LogP contribution in [0.15, 0.2) is 0 Å². The van der Waals surface area contributed by atoms with Gasteiger partial charge in [0.2, 0.25) is 0 Å². The second-order valence-corrected chi connectivity index (χ2v) is 7.51. The molecule has 0 aliphatic heterocycles. The molecule has 0 saturated heterocycles. The SMILES string of the molecule is CCCCOCCNCCS(=O)(=O)C(C)C(C)C. The van der Waals surface area contributed by atoms with E-state index in [1.54, 1.807) is 6.92 Å². The smallest absolute Gasteiger partial charge is 0.154 e. The maximum atomic E-state index is 11.9. The van der Waals surface area contributed by atoms with E-state index in [0.717, 1.165) is 26.0 Å². The standard InChI is InChI=1S/C13H29NO3S/c1-5-6-9-17-10-7-14-8-11-18(15,16)13(4)12(2)3/h12-14H,5-11H2,1-4H3. The summed E-state index contributed by atoms with van der Waals surface area (Å²) in [5.41, 5.74) is 0. The van der Waals surface area contributed by atoms with Crippen molar-refractivity contribution in [3.8, 4) is 0 Å². The zero-order valence-electron chi connectivity index (χ0n) is 12.2. The van der Waals surface area contributed by atoms with Crippen LogP contribution in [0.5, 0.6) is 0 Å². The Labute approximate surface area is 112 Å². The third-order valence-corrected chi connectivity index (χ3v) is 5.58. The molecule has 0 bridgehead atoms. The largest absolute Gasteiger partial charge is 0.380 e. The maximum Gasteiger partial charge on any atom is 0.154 e. The molecule has 0 amide bonds. The summed E-state index contributed by atoms with van der Waals surface area (Å²) in [7, 11) is -2.96. The van der Waals surface area contributed by atoms with Crippen molar-refractivity contribution in [2.75, 3.05) is 32.1 Å². The minimum Gasteiger partial charge on any atom is -0.380 e. The minimum absolute atomic E-state index is 0.173. The quantitative estimate of drug-likeness (QED) is 0.587. The van der Waals surface area contributed by atoms with Gasteiger partial charge in [-0.25, -0.2) is 8.42 Å². The molecule has 0 rings (SSSR count). The molecule has 0 saturated carbocycles. The monoisotopic (exact) mass is 279 g/mol. The molecule has 0 aromatic rings. The van der Waals surface area contributed by atoms with E-state index in [1.165, 1.54) is 0 Å². The molecular formula is C13H29NO3S. The molecule has 0 aromatic heterocycles. The predicted molar refractivity (Wildman–Crippen MR) is 76.7 cm³/mol. The van der Waals surface area contributed by atoms with Gasteiger partial charge in [0.25, 0.3) is 0 Å². The Balaban J connectivity index is 3.60. The van der Waals surface area contributed by atoms with Crippen molar-refractivity contribution in [2.24, 2.45) is 5.92 Å². The van der Waals surface area contributed by atoms with Crippen LogP contribution in [-0.4, -0.2) is 45.7 Å². The first kappa shape index (κ1) is 17.9. The van der Waals surface area contributed by atoms with Crippen LogP contribution in [-0.2, 0) is 14.6 Å². The molecular weight excluding hydrogens is 250 g/mol. The van der Waals surface area contributed by atoms with Crippen molar-refractivity contribution in [3.63, 3.8) is 0 Å². The van der Waals surface area contributed by atoms with Gasteiger partial charge in [-0.05, 0) is 19.3 Å². The van der Waals surface area contributed by atoms with Gasteiger partial charge in [0, 0.05) is 19.7 Å². The second-order valence-electron chi connectivity index (χ2n) is 5.03. The molecule has 110 valence electrons. The van der Waals surface area contributed by atoms with E-state index in [9.17, 15) is 8.42 Å². The highest BCUT2D eigenvalue weighted by atomic mass is 32.2. The Morgan fingerprint density at radius 2 is 1.78 bits per heavy atom. The topological polar surface area (TPSA) is 55.4 Å². The predicted octanol–water partition coefficient (Wildman–Crippen LogP) is 1.85. The van der Waals surface area contributed by atoms with E-state index in [1.807, 2.05) is 13.8 Å². The highest BCUT2D eigenvalue weighted by Crippen LogP contribution is 2.11. The van der Waals surface area contributed by atoms with Gasteiger partial charge in [0.05, 0.1) is 17.6 Å². The van der Waals surface area contributed by atoms with Gasteiger partial charge >= 0.3 is 0 Å². The number of nitrogens with one attached hydrogen (secondary N) is 1. The number of hydrogen-bond donors (Lipinski definition) is 1. The number of hydrogen-bond acceptors (Lipinski definition) is 4. The van der Waals surface area contributed by atoms with E-state index in [2.05, 4.69) is 12.2 Å². The maximum absolute atomic E-state index is 11.9. The lowest BCUT2D eigenvalue weighted by atomic mass is 10.2. The van der Waals surface area contributed by atoms with Crippen molar-refractivity contribution < 1.29 is 13.2 Å². The number of rotatable bonds is 11. The van der Waals surface area contributed by atoms with Gasteiger partial charge in [0.15, 0.2) is 9.84 Å². The lowest BCUT2D eigenvalue weighted by Crippen LogP contribution is -2.32. The van der Waals surface area contributed by atoms with Gasteiger partial charge in [-0.1, -0.05) is 27.2 Å². The van der Waals surface area contributed by atoms with Gasteiger partial charge in [0.1, 0.15) is 0 Å². The molecule has 0 radical (unpaired) electrons. The number of ether oxygens (including phenoxy) is 1. The Morgan fingerprint density at radius 3 is 2.33 bits per heavy atom. The summed E-state index contributed by atoms with van der Waals surface area (Å²) in [6.07, 6.45) is 2.22. The van der Waals surface area contributed by atoms with E-state index in [4.69, 9.17) is 4.74 Å². The van der Waals surface area contributed by atoms with Crippen molar-refractivity contribution in [1.29, 1.82) is 0 Å². The van der Waals surface area contributed by atoms with Crippen LogP contribution >= 0.6 is 0 Å². The van der Waals surface area contributed by atoms with Crippen LogP contribution < -0.4 is 5.32 Å². The Morgan fingerprint density at radius 1 is 1.11 bits per heavy atom. The van der Waals surface area contributed by atoms with Crippen LogP contribution in [0.1, 0.15) is 40.5 Å². The molecule has 0 aliphatic carbocycles. The molecule has 0 fully saturated rings. The lowest BCUT2D eigenvalue weighted by Gasteiger charge is -2.16. The molecule has 1 unspecified atom stereocenters. The van der Waals surface area contributed by atoms with Gasteiger partial charge in [-0.2, -0.15) is 0 Å². The normalized spacial score (nSPS) is 14.1. The third-order valence-electron chi connectivity index (χ3n) is 3.13. The zero-order chi connectivity index (χ0) is 14.0. The van der Waals surface area contributed by atoms with Crippen molar-refractivity contribution >= 4 is 9.84 Å². The molecule has 0 aliphatic rings. The highest BCUT2D eigenvalue weighted by molar-refractivity contribution is 7.92. The summed E-state index contributed by atoms with van der Waals surface area (Å²) in [6.45, 7) is 10.5. The molecule has 0 aromatic carbocycles. The summed E-state index contributed by atoms with van der Waals surface area (Å²) < 4.78 is 29.1. The van der Waals surface area contributed by atoms with Crippen LogP contribution in [0.2, 0.25) is 0 Å². The van der Waals surface area contributed by atoms with Crippen LogP contribution in [0.25, 0.3) is 0 Å². The summed E-state index contributed by atoms with van der Waals surface area (Å²) in [5, 5.41) is 2.84. The third kappa shape index (κ3) is 8.06. The van der Waals surface area contributed by atoms with Crippen molar-refractivity contribution in [1.82, 2.24) is 5.32 Å². The average Bonchev–Trinajstić information content (AvgIpc) is 2.31. The summed E-state index contributed by atoms with van der Waals surface area (Å²) >= 11 is 0. The average molecular weight is 279 g/mol. The fourth-order valence-corrected chi connectivity index (χ4v) is 3.06.